The van der Waals surface area contributed by atoms with Gasteiger partial charge < -0.3 is 5.32 Å². The molecule has 1 heterocycles. The van der Waals surface area contributed by atoms with E-state index in [4.69, 9.17) is 11.6 Å². The van der Waals surface area contributed by atoms with Gasteiger partial charge in [0.25, 0.3) is 0 Å². The number of thioether (sulfide) groups is 1. The maximum atomic E-state index is 13.2. The first kappa shape index (κ1) is 22.0. The van der Waals surface area contributed by atoms with Gasteiger partial charge in [-0.2, -0.15) is 0 Å². The van der Waals surface area contributed by atoms with Gasteiger partial charge in [0.15, 0.2) is 5.17 Å². The van der Waals surface area contributed by atoms with Crippen molar-refractivity contribution in [3.63, 3.8) is 0 Å². The Morgan fingerprint density at radius 2 is 1.72 bits per heavy atom. The number of aliphatic imine (C=N–C) groups is 1. The van der Waals surface area contributed by atoms with Gasteiger partial charge in [-0.15, -0.1) is 0 Å². The fourth-order valence-corrected chi connectivity index (χ4v) is 4.55. The molecule has 3 aromatic carbocycles. The first-order valence-corrected chi connectivity index (χ1v) is 11.2. The van der Waals surface area contributed by atoms with Gasteiger partial charge in [-0.25, -0.2) is 9.38 Å². The predicted molar refractivity (Wildman–Crippen MR) is 127 cm³/mol. The summed E-state index contributed by atoms with van der Waals surface area (Å²) in [5.41, 5.74) is 1.97. The van der Waals surface area contributed by atoms with E-state index < -0.39 is 5.25 Å². The Morgan fingerprint density at radius 3 is 2.44 bits per heavy atom. The standard InChI is InChI=1S/C24H19ClFN3O2S/c25-20-9-5-4-6-16(20)15-29-23(31)21(32-24(29)28-18-7-2-1-3-8-18)14-22(30)27-19-12-10-17(26)11-13-19/h1-13,21H,14-15H2,(H,27,30). The number of hydrogen-bond donors (Lipinski definition) is 1. The third-order valence-electron chi connectivity index (χ3n) is 4.79. The highest BCUT2D eigenvalue weighted by atomic mass is 35.5. The molecule has 0 bridgehead atoms. The molecule has 32 heavy (non-hydrogen) atoms. The average Bonchev–Trinajstić information content (AvgIpc) is 3.06. The van der Waals surface area contributed by atoms with E-state index in [2.05, 4.69) is 10.3 Å². The van der Waals surface area contributed by atoms with E-state index in [9.17, 15) is 14.0 Å². The number of carbonyl (C=O) groups is 2. The number of amides is 2. The van der Waals surface area contributed by atoms with Crippen molar-refractivity contribution in [3.8, 4) is 0 Å². The van der Waals surface area contributed by atoms with Gasteiger partial charge in [0, 0.05) is 17.1 Å². The van der Waals surface area contributed by atoms with Crippen LogP contribution in [0.25, 0.3) is 0 Å². The van der Waals surface area contributed by atoms with Crippen LogP contribution in [-0.4, -0.2) is 27.1 Å². The molecule has 2 amide bonds. The van der Waals surface area contributed by atoms with Crippen LogP contribution < -0.4 is 5.32 Å². The molecule has 1 N–H and O–H groups in total. The van der Waals surface area contributed by atoms with Crippen molar-refractivity contribution in [1.82, 2.24) is 4.90 Å². The Hall–Kier alpha value is -3.16. The quantitative estimate of drug-likeness (QED) is 0.510. The molecular weight excluding hydrogens is 449 g/mol. The normalized spacial score (nSPS) is 17.1. The van der Waals surface area contributed by atoms with Gasteiger partial charge in [-0.05, 0) is 48.0 Å². The molecule has 5 nitrogen and oxygen atoms in total. The van der Waals surface area contributed by atoms with Crippen LogP contribution in [0.3, 0.4) is 0 Å². The first-order valence-electron chi connectivity index (χ1n) is 9.90. The number of para-hydroxylation sites is 1. The van der Waals surface area contributed by atoms with Crippen LogP contribution in [0.2, 0.25) is 5.02 Å². The zero-order chi connectivity index (χ0) is 22.5. The van der Waals surface area contributed by atoms with Gasteiger partial charge in [-0.3, -0.25) is 14.5 Å². The number of nitrogens with zero attached hydrogens (tertiary/aromatic N) is 2. The maximum Gasteiger partial charge on any atom is 0.242 e. The molecule has 1 aliphatic heterocycles. The molecule has 1 fully saturated rings. The van der Waals surface area contributed by atoms with Crippen LogP contribution in [-0.2, 0) is 16.1 Å². The topological polar surface area (TPSA) is 61.8 Å². The third kappa shape index (κ3) is 5.36. The van der Waals surface area contributed by atoms with E-state index in [1.165, 1.54) is 36.0 Å². The summed E-state index contributed by atoms with van der Waals surface area (Å²) in [6.07, 6.45) is -0.0340. The lowest BCUT2D eigenvalue weighted by Gasteiger charge is -2.17. The molecule has 3 aromatic rings. The van der Waals surface area contributed by atoms with Crippen LogP contribution in [0.1, 0.15) is 12.0 Å². The molecule has 4 rings (SSSR count). The second kappa shape index (κ2) is 9.97. The SMILES string of the molecule is O=C(CC1SC(=Nc2ccccc2)N(Cc2ccccc2Cl)C1=O)Nc1ccc(F)cc1. The predicted octanol–water partition coefficient (Wildman–Crippen LogP) is 5.64. The van der Waals surface area contributed by atoms with Crippen LogP contribution in [0, 0.1) is 5.82 Å². The fraction of sp³-hybridized carbons (Fsp3) is 0.125. The van der Waals surface area contributed by atoms with Crippen molar-refractivity contribution in [1.29, 1.82) is 0 Å². The van der Waals surface area contributed by atoms with Gasteiger partial charge in [0.1, 0.15) is 11.1 Å². The van der Waals surface area contributed by atoms with E-state index in [1.807, 2.05) is 48.5 Å². The molecule has 0 aliphatic carbocycles. The Balaban J connectivity index is 1.54. The highest BCUT2D eigenvalue weighted by molar-refractivity contribution is 8.15. The minimum atomic E-state index is -0.625. The number of halogens is 2. The Kier molecular flexibility index (Phi) is 6.87. The van der Waals surface area contributed by atoms with E-state index in [-0.39, 0.29) is 30.6 Å². The summed E-state index contributed by atoms with van der Waals surface area (Å²) in [5, 5.41) is 3.15. The number of hydrogen-bond acceptors (Lipinski definition) is 4. The fourth-order valence-electron chi connectivity index (χ4n) is 3.19. The molecule has 0 spiro atoms. The van der Waals surface area contributed by atoms with Crippen molar-refractivity contribution in [3.05, 3.63) is 95.3 Å². The Morgan fingerprint density at radius 1 is 1.03 bits per heavy atom. The zero-order valence-corrected chi connectivity index (χ0v) is 18.4. The number of anilines is 1. The van der Waals surface area contributed by atoms with Crippen LogP contribution in [0.4, 0.5) is 15.8 Å². The summed E-state index contributed by atoms with van der Waals surface area (Å²) < 4.78 is 13.1. The van der Waals surface area contributed by atoms with Crippen molar-refractivity contribution >= 4 is 51.7 Å². The smallest absolute Gasteiger partial charge is 0.242 e. The molecule has 0 radical (unpaired) electrons. The Labute approximate surface area is 194 Å². The number of benzene rings is 3. The molecule has 0 saturated carbocycles. The summed E-state index contributed by atoms with van der Waals surface area (Å²) in [7, 11) is 0. The summed E-state index contributed by atoms with van der Waals surface area (Å²) in [5.74, 6) is -0.929. The van der Waals surface area contributed by atoms with Crippen molar-refractivity contribution in [2.45, 2.75) is 18.2 Å². The lowest BCUT2D eigenvalue weighted by atomic mass is 10.2. The van der Waals surface area contributed by atoms with Gasteiger partial charge in [0.2, 0.25) is 11.8 Å². The molecule has 1 atom stereocenters. The van der Waals surface area contributed by atoms with E-state index in [0.29, 0.717) is 21.6 Å². The number of rotatable bonds is 6. The molecule has 1 unspecified atom stereocenters. The van der Waals surface area contributed by atoms with Crippen LogP contribution in [0.15, 0.2) is 83.9 Å². The lowest BCUT2D eigenvalue weighted by Crippen LogP contribution is -2.33. The van der Waals surface area contributed by atoms with E-state index in [0.717, 1.165) is 5.56 Å². The van der Waals surface area contributed by atoms with Gasteiger partial charge in [0.05, 0.1) is 12.2 Å². The van der Waals surface area contributed by atoms with Gasteiger partial charge in [-0.1, -0.05) is 59.8 Å². The minimum Gasteiger partial charge on any atom is -0.326 e. The molecule has 1 saturated heterocycles. The third-order valence-corrected chi connectivity index (χ3v) is 6.33. The summed E-state index contributed by atoms with van der Waals surface area (Å²) in [6.45, 7) is 0.257. The largest absolute Gasteiger partial charge is 0.326 e. The highest BCUT2D eigenvalue weighted by Crippen LogP contribution is 2.34. The number of carbonyl (C=O) groups excluding carboxylic acids is 2. The molecule has 162 valence electrons. The maximum absolute atomic E-state index is 13.2. The van der Waals surface area contributed by atoms with E-state index >= 15 is 0 Å². The zero-order valence-electron chi connectivity index (χ0n) is 16.9. The molecule has 1 aliphatic rings. The van der Waals surface area contributed by atoms with Crippen molar-refractivity contribution < 1.29 is 14.0 Å². The monoisotopic (exact) mass is 467 g/mol. The summed E-state index contributed by atoms with van der Waals surface area (Å²) >= 11 is 7.56. The average molecular weight is 468 g/mol. The minimum absolute atomic E-state index is 0.0340. The second-order valence-electron chi connectivity index (χ2n) is 7.11. The summed E-state index contributed by atoms with van der Waals surface area (Å²) in [4.78, 5) is 31.9. The number of nitrogens with one attached hydrogen (secondary N) is 1. The van der Waals surface area contributed by atoms with Crippen LogP contribution >= 0.6 is 23.4 Å². The molecule has 8 heteroatoms. The first-order chi connectivity index (χ1) is 15.5. The van der Waals surface area contributed by atoms with Crippen molar-refractivity contribution in [2.75, 3.05) is 5.32 Å². The number of amidine groups is 1. The van der Waals surface area contributed by atoms with Crippen molar-refractivity contribution in [2.24, 2.45) is 4.99 Å². The Bertz CT molecular complexity index is 1160. The highest BCUT2D eigenvalue weighted by Gasteiger charge is 2.39. The molecular formula is C24H19ClFN3O2S. The molecule has 0 aromatic heterocycles. The van der Waals surface area contributed by atoms with Gasteiger partial charge >= 0.3 is 0 Å². The van der Waals surface area contributed by atoms with Crippen LogP contribution in [0.5, 0.6) is 0 Å². The van der Waals surface area contributed by atoms with E-state index in [1.54, 1.807) is 11.0 Å². The second-order valence-corrected chi connectivity index (χ2v) is 8.69. The lowest BCUT2D eigenvalue weighted by molar-refractivity contribution is -0.128. The summed E-state index contributed by atoms with van der Waals surface area (Å²) in [6, 6.07) is 22.1.